The first-order valence-corrected chi connectivity index (χ1v) is 11.0. The molecule has 31 heavy (non-hydrogen) atoms. The molecule has 1 aliphatic rings. The van der Waals surface area contributed by atoms with Crippen molar-refractivity contribution >= 4 is 27.9 Å². The Balaban J connectivity index is 1.67. The molecule has 166 valence electrons. The zero-order chi connectivity index (χ0) is 22.5. The number of rotatable bonds is 6. The van der Waals surface area contributed by atoms with Gasteiger partial charge in [0.1, 0.15) is 21.8 Å². The van der Waals surface area contributed by atoms with Crippen molar-refractivity contribution in [2.24, 2.45) is 0 Å². The van der Waals surface area contributed by atoms with E-state index in [1.807, 2.05) is 29.2 Å². The minimum atomic E-state index is -0.228. The summed E-state index contributed by atoms with van der Waals surface area (Å²) in [6, 6.07) is 10.6. The van der Waals surface area contributed by atoms with Gasteiger partial charge in [-0.15, -0.1) is 0 Å². The maximum Gasteiger partial charge on any atom is 0.246 e. The Hall–Kier alpha value is -2.38. The van der Waals surface area contributed by atoms with Crippen molar-refractivity contribution in [2.75, 3.05) is 27.3 Å². The predicted octanol–water partition coefficient (Wildman–Crippen LogP) is 4.74. The van der Waals surface area contributed by atoms with E-state index in [0.717, 1.165) is 28.7 Å². The molecule has 2 unspecified atom stereocenters. The number of amides is 1. The number of halogens is 2. The van der Waals surface area contributed by atoms with Gasteiger partial charge in [0.15, 0.2) is 0 Å². The fourth-order valence-electron chi connectivity index (χ4n) is 3.80. The molecule has 2 aromatic rings. The molecule has 0 aliphatic carbocycles. The van der Waals surface area contributed by atoms with Gasteiger partial charge in [0.2, 0.25) is 5.91 Å². The number of nitrogens with zero attached hydrogens (tertiary/aromatic N) is 2. The highest BCUT2D eigenvalue weighted by Gasteiger charge is 2.31. The molecule has 2 atom stereocenters. The Labute approximate surface area is 191 Å². The summed E-state index contributed by atoms with van der Waals surface area (Å²) >= 11 is 3.45. The zero-order valence-corrected chi connectivity index (χ0v) is 19.9. The highest BCUT2D eigenvalue weighted by molar-refractivity contribution is 9.10. The van der Waals surface area contributed by atoms with Crippen LogP contribution in [0.5, 0.6) is 11.5 Å². The van der Waals surface area contributed by atoms with Crippen LogP contribution in [-0.2, 0) is 11.3 Å². The summed E-state index contributed by atoms with van der Waals surface area (Å²) in [5.74, 6) is 1.03. The molecule has 1 saturated heterocycles. The van der Waals surface area contributed by atoms with E-state index in [0.29, 0.717) is 18.0 Å². The molecule has 1 aliphatic heterocycles. The lowest BCUT2D eigenvalue weighted by Gasteiger charge is -2.44. The Morgan fingerprint density at radius 1 is 1.10 bits per heavy atom. The quantitative estimate of drug-likeness (QED) is 0.548. The Morgan fingerprint density at radius 3 is 2.29 bits per heavy atom. The summed E-state index contributed by atoms with van der Waals surface area (Å²) in [7, 11) is 3.18. The second kappa shape index (κ2) is 10.3. The molecule has 0 bridgehead atoms. The number of hydrogen-bond acceptors (Lipinski definition) is 4. The van der Waals surface area contributed by atoms with Gasteiger partial charge in [0.05, 0.1) is 14.2 Å². The zero-order valence-electron chi connectivity index (χ0n) is 18.3. The Kier molecular flexibility index (Phi) is 7.73. The van der Waals surface area contributed by atoms with Crippen LogP contribution in [0.15, 0.2) is 46.9 Å². The Morgan fingerprint density at radius 2 is 1.71 bits per heavy atom. The van der Waals surface area contributed by atoms with Gasteiger partial charge in [-0.3, -0.25) is 9.69 Å². The third kappa shape index (κ3) is 5.66. The average Bonchev–Trinajstić information content (AvgIpc) is 2.76. The minimum absolute atomic E-state index is 0.0263. The molecule has 1 heterocycles. The summed E-state index contributed by atoms with van der Waals surface area (Å²) in [5, 5.41) is 0. The van der Waals surface area contributed by atoms with Crippen LogP contribution in [0.4, 0.5) is 4.39 Å². The standard InChI is InChI=1S/C24H28BrFN2O3/c1-16-14-28(17(2)13-27(16)15-18-5-8-20(26)9-6-18)23(29)10-7-19-11-21(30-3)24(25)22(12-19)31-4/h5-12,16-17H,13-15H2,1-4H3. The smallest absolute Gasteiger partial charge is 0.246 e. The second-order valence-corrected chi connectivity index (χ2v) is 8.61. The van der Waals surface area contributed by atoms with Crippen LogP contribution >= 0.6 is 15.9 Å². The van der Waals surface area contributed by atoms with Crippen LogP contribution < -0.4 is 9.47 Å². The molecule has 0 aromatic heterocycles. The largest absolute Gasteiger partial charge is 0.495 e. The lowest BCUT2D eigenvalue weighted by molar-refractivity contribution is -0.131. The molecule has 1 fully saturated rings. The number of ether oxygens (including phenoxy) is 2. The molecular formula is C24H28BrFN2O3. The van der Waals surface area contributed by atoms with Gasteiger partial charge in [0, 0.05) is 37.8 Å². The molecule has 2 aromatic carbocycles. The van der Waals surface area contributed by atoms with Gasteiger partial charge in [-0.05, 0) is 71.2 Å². The fourth-order valence-corrected chi connectivity index (χ4v) is 4.35. The number of hydrogen-bond donors (Lipinski definition) is 0. The van der Waals surface area contributed by atoms with E-state index in [-0.39, 0.29) is 23.8 Å². The van der Waals surface area contributed by atoms with E-state index in [9.17, 15) is 9.18 Å². The first kappa shape index (κ1) is 23.3. The van der Waals surface area contributed by atoms with E-state index in [2.05, 4.69) is 34.7 Å². The minimum Gasteiger partial charge on any atom is -0.495 e. The van der Waals surface area contributed by atoms with Crippen LogP contribution in [0, 0.1) is 5.82 Å². The van der Waals surface area contributed by atoms with Gasteiger partial charge < -0.3 is 14.4 Å². The Bertz CT molecular complexity index is 923. The monoisotopic (exact) mass is 490 g/mol. The fraction of sp³-hybridized carbons (Fsp3) is 0.375. The van der Waals surface area contributed by atoms with Crippen molar-refractivity contribution in [3.05, 3.63) is 63.9 Å². The van der Waals surface area contributed by atoms with Gasteiger partial charge >= 0.3 is 0 Å². The van der Waals surface area contributed by atoms with Crippen molar-refractivity contribution in [3.63, 3.8) is 0 Å². The normalized spacial score (nSPS) is 19.6. The van der Waals surface area contributed by atoms with E-state index in [4.69, 9.17) is 9.47 Å². The summed E-state index contributed by atoms with van der Waals surface area (Å²) in [5.41, 5.74) is 1.89. The molecule has 0 saturated carbocycles. The van der Waals surface area contributed by atoms with Crippen LogP contribution in [0.3, 0.4) is 0 Å². The van der Waals surface area contributed by atoms with E-state index in [1.165, 1.54) is 12.1 Å². The number of methoxy groups -OCH3 is 2. The number of piperazine rings is 1. The molecule has 0 N–H and O–H groups in total. The van der Waals surface area contributed by atoms with Crippen LogP contribution in [-0.4, -0.2) is 55.1 Å². The van der Waals surface area contributed by atoms with Crippen molar-refractivity contribution < 1.29 is 18.7 Å². The van der Waals surface area contributed by atoms with Crippen molar-refractivity contribution in [3.8, 4) is 11.5 Å². The topological polar surface area (TPSA) is 42.0 Å². The lowest BCUT2D eigenvalue weighted by Crippen LogP contribution is -2.57. The van der Waals surface area contributed by atoms with E-state index >= 15 is 0 Å². The first-order chi connectivity index (χ1) is 14.8. The molecule has 3 rings (SSSR count). The number of benzene rings is 2. The molecule has 0 radical (unpaired) electrons. The van der Waals surface area contributed by atoms with Crippen molar-refractivity contribution in [2.45, 2.75) is 32.5 Å². The third-order valence-electron chi connectivity index (χ3n) is 5.58. The molecular weight excluding hydrogens is 463 g/mol. The maximum atomic E-state index is 13.2. The summed E-state index contributed by atoms with van der Waals surface area (Å²) in [4.78, 5) is 17.1. The number of carbonyl (C=O) groups is 1. The van der Waals surface area contributed by atoms with Crippen LogP contribution in [0.25, 0.3) is 6.08 Å². The van der Waals surface area contributed by atoms with Crippen LogP contribution in [0.2, 0.25) is 0 Å². The molecule has 0 spiro atoms. The van der Waals surface area contributed by atoms with Gasteiger partial charge in [-0.2, -0.15) is 0 Å². The first-order valence-electron chi connectivity index (χ1n) is 10.2. The highest BCUT2D eigenvalue weighted by atomic mass is 79.9. The lowest BCUT2D eigenvalue weighted by atomic mass is 10.1. The summed E-state index contributed by atoms with van der Waals surface area (Å²) in [6.07, 6.45) is 3.38. The van der Waals surface area contributed by atoms with E-state index < -0.39 is 0 Å². The van der Waals surface area contributed by atoms with Crippen molar-refractivity contribution in [1.29, 1.82) is 0 Å². The van der Waals surface area contributed by atoms with Crippen molar-refractivity contribution in [1.82, 2.24) is 9.80 Å². The van der Waals surface area contributed by atoms with Gasteiger partial charge in [0.25, 0.3) is 0 Å². The highest BCUT2D eigenvalue weighted by Crippen LogP contribution is 2.36. The predicted molar refractivity (Wildman–Crippen MR) is 124 cm³/mol. The number of carbonyl (C=O) groups excluding carboxylic acids is 1. The van der Waals surface area contributed by atoms with Gasteiger partial charge in [-0.1, -0.05) is 12.1 Å². The SMILES string of the molecule is COc1cc(C=CC(=O)N2CC(C)N(Cc3ccc(F)cc3)CC2C)cc(OC)c1Br. The average molecular weight is 491 g/mol. The molecule has 5 nitrogen and oxygen atoms in total. The van der Waals surface area contributed by atoms with E-state index in [1.54, 1.807) is 26.4 Å². The second-order valence-electron chi connectivity index (χ2n) is 7.82. The summed E-state index contributed by atoms with van der Waals surface area (Å²) in [6.45, 7) is 6.31. The summed E-state index contributed by atoms with van der Waals surface area (Å²) < 4.78 is 24.6. The maximum absolute atomic E-state index is 13.2. The van der Waals surface area contributed by atoms with Gasteiger partial charge in [-0.25, -0.2) is 4.39 Å². The van der Waals surface area contributed by atoms with Crippen LogP contribution in [0.1, 0.15) is 25.0 Å². The molecule has 1 amide bonds. The third-order valence-corrected chi connectivity index (χ3v) is 6.37. The molecule has 7 heteroatoms.